The van der Waals surface area contributed by atoms with Crippen LogP contribution in [0.5, 0.6) is 0 Å². The van der Waals surface area contributed by atoms with Gasteiger partial charge in [0.15, 0.2) is 0 Å². The molecule has 2 N–H and O–H groups in total. The zero-order chi connectivity index (χ0) is 14.4. The summed E-state index contributed by atoms with van der Waals surface area (Å²) in [6, 6.07) is 5.94. The van der Waals surface area contributed by atoms with Crippen LogP contribution in [0, 0.1) is 0 Å². The minimum atomic E-state index is -0.268. The number of nitrogens with zero attached hydrogens (tertiary/aromatic N) is 4. The highest BCUT2D eigenvalue weighted by molar-refractivity contribution is 5.82. The molecule has 0 aromatic carbocycles. The van der Waals surface area contributed by atoms with Gasteiger partial charge in [-0.1, -0.05) is 6.07 Å². The van der Waals surface area contributed by atoms with Crippen molar-refractivity contribution in [3.05, 3.63) is 30.1 Å². The van der Waals surface area contributed by atoms with Crippen molar-refractivity contribution in [1.29, 1.82) is 0 Å². The van der Waals surface area contributed by atoms with Gasteiger partial charge in [0.05, 0.1) is 12.0 Å². The smallest absolute Gasteiger partial charge is 0.344 e. The molecule has 108 valence electrons. The number of amides is 2. The SMILES string of the molecule is CN(C(=O)/N=C/N)C1CCN(Cc2ccccn2)CC1. The molecule has 1 aliphatic heterocycles. The average Bonchev–Trinajstić information content (AvgIpc) is 2.48. The summed E-state index contributed by atoms with van der Waals surface area (Å²) in [5, 5.41) is 0. The Kier molecular flexibility index (Phi) is 5.06. The second-order valence-corrected chi connectivity index (χ2v) is 5.00. The van der Waals surface area contributed by atoms with Gasteiger partial charge >= 0.3 is 6.03 Å². The predicted molar refractivity (Wildman–Crippen MR) is 78.4 cm³/mol. The van der Waals surface area contributed by atoms with Gasteiger partial charge < -0.3 is 10.6 Å². The lowest BCUT2D eigenvalue weighted by atomic mass is 10.0. The first-order valence-electron chi connectivity index (χ1n) is 6.84. The molecule has 1 aromatic heterocycles. The van der Waals surface area contributed by atoms with Gasteiger partial charge in [-0.15, -0.1) is 0 Å². The number of aromatic nitrogens is 1. The van der Waals surface area contributed by atoms with E-state index in [4.69, 9.17) is 5.73 Å². The van der Waals surface area contributed by atoms with Crippen LogP contribution in [0.1, 0.15) is 18.5 Å². The molecule has 1 saturated heterocycles. The van der Waals surface area contributed by atoms with Crippen molar-refractivity contribution in [3.63, 3.8) is 0 Å². The standard InChI is InChI=1S/C14H21N5O/c1-18(14(20)17-11-15)13-5-8-19(9-6-13)10-12-4-2-3-7-16-12/h2-4,7,11,13H,5-6,8-10H2,1H3,(H2,15,17,20). The number of urea groups is 1. The molecule has 2 amide bonds. The fourth-order valence-electron chi connectivity index (χ4n) is 2.50. The first kappa shape index (κ1) is 14.5. The third-order valence-corrected chi connectivity index (χ3v) is 3.70. The molecule has 0 aliphatic carbocycles. The molecule has 0 spiro atoms. The Morgan fingerprint density at radius 2 is 2.30 bits per heavy atom. The summed E-state index contributed by atoms with van der Waals surface area (Å²) in [4.78, 5) is 23.6. The predicted octanol–water partition coefficient (Wildman–Crippen LogP) is 1.08. The highest BCUT2D eigenvalue weighted by Crippen LogP contribution is 2.17. The maximum atomic E-state index is 11.6. The fraction of sp³-hybridized carbons (Fsp3) is 0.500. The van der Waals surface area contributed by atoms with E-state index in [1.54, 1.807) is 11.9 Å². The van der Waals surface area contributed by atoms with Crippen molar-refractivity contribution in [2.24, 2.45) is 10.7 Å². The largest absolute Gasteiger partial charge is 0.390 e. The van der Waals surface area contributed by atoms with E-state index < -0.39 is 0 Å². The first-order valence-corrected chi connectivity index (χ1v) is 6.84. The van der Waals surface area contributed by atoms with Crippen molar-refractivity contribution in [1.82, 2.24) is 14.8 Å². The highest BCUT2D eigenvalue weighted by Gasteiger charge is 2.25. The molecule has 20 heavy (non-hydrogen) atoms. The third kappa shape index (κ3) is 3.77. The molecule has 0 radical (unpaired) electrons. The van der Waals surface area contributed by atoms with Gasteiger partial charge in [0.25, 0.3) is 0 Å². The van der Waals surface area contributed by atoms with Crippen molar-refractivity contribution >= 4 is 12.4 Å². The van der Waals surface area contributed by atoms with Gasteiger partial charge in [-0.2, -0.15) is 4.99 Å². The number of hydrogen-bond acceptors (Lipinski definition) is 3. The number of piperidine rings is 1. The second-order valence-electron chi connectivity index (χ2n) is 5.00. The van der Waals surface area contributed by atoms with E-state index in [9.17, 15) is 4.79 Å². The number of rotatable bonds is 3. The molecule has 0 bridgehead atoms. The van der Waals surface area contributed by atoms with Crippen LogP contribution >= 0.6 is 0 Å². The second kappa shape index (κ2) is 7.00. The van der Waals surface area contributed by atoms with Crippen LogP contribution in [0.4, 0.5) is 4.79 Å². The Morgan fingerprint density at radius 1 is 1.55 bits per heavy atom. The normalized spacial score (nSPS) is 17.4. The molecular weight excluding hydrogens is 254 g/mol. The zero-order valence-electron chi connectivity index (χ0n) is 11.8. The van der Waals surface area contributed by atoms with E-state index in [1.165, 1.54) is 0 Å². The van der Waals surface area contributed by atoms with Gasteiger partial charge in [0.1, 0.15) is 0 Å². The topological polar surface area (TPSA) is 74.8 Å². The summed E-state index contributed by atoms with van der Waals surface area (Å²) in [5.41, 5.74) is 6.24. The molecule has 0 saturated carbocycles. The number of pyridine rings is 1. The van der Waals surface area contributed by atoms with Crippen LogP contribution in [0.3, 0.4) is 0 Å². The lowest BCUT2D eigenvalue weighted by Gasteiger charge is -2.35. The van der Waals surface area contributed by atoms with Gasteiger partial charge in [-0.25, -0.2) is 4.79 Å². The number of aliphatic imine (C=N–C) groups is 1. The lowest BCUT2D eigenvalue weighted by Crippen LogP contribution is -2.44. The van der Waals surface area contributed by atoms with Crippen molar-refractivity contribution < 1.29 is 4.79 Å². The number of likely N-dealkylation sites (tertiary alicyclic amines) is 1. The van der Waals surface area contributed by atoms with E-state index in [-0.39, 0.29) is 12.1 Å². The quantitative estimate of drug-likeness (QED) is 0.662. The minimum absolute atomic E-state index is 0.242. The summed E-state index contributed by atoms with van der Waals surface area (Å²) in [5.74, 6) is 0. The fourth-order valence-corrected chi connectivity index (χ4v) is 2.50. The molecule has 6 heteroatoms. The molecule has 1 aromatic rings. The summed E-state index contributed by atoms with van der Waals surface area (Å²) in [6.45, 7) is 2.79. The van der Waals surface area contributed by atoms with E-state index >= 15 is 0 Å². The Labute approximate surface area is 119 Å². The molecule has 0 atom stereocenters. The van der Waals surface area contributed by atoms with E-state index in [1.807, 2.05) is 24.4 Å². The van der Waals surface area contributed by atoms with Crippen LogP contribution in [0.2, 0.25) is 0 Å². The van der Waals surface area contributed by atoms with E-state index in [0.29, 0.717) is 0 Å². The van der Waals surface area contributed by atoms with Crippen LogP contribution in [0.15, 0.2) is 29.4 Å². The van der Waals surface area contributed by atoms with E-state index in [0.717, 1.165) is 44.5 Å². The maximum absolute atomic E-state index is 11.6. The Hall–Kier alpha value is -1.95. The van der Waals surface area contributed by atoms with E-state index in [2.05, 4.69) is 14.9 Å². The molecule has 0 unspecified atom stereocenters. The molecule has 6 nitrogen and oxygen atoms in total. The molecule has 2 rings (SSSR count). The Bertz CT molecular complexity index is 454. The van der Waals surface area contributed by atoms with Crippen molar-refractivity contribution in [2.45, 2.75) is 25.4 Å². The molecule has 1 fully saturated rings. The van der Waals surface area contributed by atoms with Crippen LogP contribution in [0.25, 0.3) is 0 Å². The highest BCUT2D eigenvalue weighted by atomic mass is 16.2. The van der Waals surface area contributed by atoms with Crippen molar-refractivity contribution in [2.75, 3.05) is 20.1 Å². The zero-order valence-corrected chi connectivity index (χ0v) is 11.8. The van der Waals surface area contributed by atoms with Gasteiger partial charge in [-0.05, 0) is 25.0 Å². The van der Waals surface area contributed by atoms with Gasteiger partial charge in [-0.3, -0.25) is 9.88 Å². The maximum Gasteiger partial charge on any atom is 0.344 e. The van der Waals surface area contributed by atoms with Gasteiger partial charge in [0.2, 0.25) is 0 Å². The Morgan fingerprint density at radius 3 is 2.90 bits per heavy atom. The number of nitrogens with two attached hydrogens (primary N) is 1. The van der Waals surface area contributed by atoms with Crippen molar-refractivity contribution in [3.8, 4) is 0 Å². The Balaban J connectivity index is 1.82. The van der Waals surface area contributed by atoms with Gasteiger partial charge in [0, 0.05) is 38.9 Å². The first-order chi connectivity index (χ1) is 9.70. The van der Waals surface area contributed by atoms with Crippen LogP contribution < -0.4 is 5.73 Å². The molecule has 1 aliphatic rings. The average molecular weight is 275 g/mol. The third-order valence-electron chi connectivity index (χ3n) is 3.70. The summed E-state index contributed by atoms with van der Waals surface area (Å²) in [7, 11) is 1.79. The lowest BCUT2D eigenvalue weighted by molar-refractivity contribution is 0.135. The van der Waals surface area contributed by atoms with Crippen LogP contribution in [-0.4, -0.2) is 53.3 Å². The minimum Gasteiger partial charge on any atom is -0.390 e. The molecular formula is C14H21N5O. The number of hydrogen-bond donors (Lipinski definition) is 1. The summed E-state index contributed by atoms with van der Waals surface area (Å²) >= 11 is 0. The number of carbonyl (C=O) groups is 1. The molecule has 2 heterocycles. The summed E-state index contributed by atoms with van der Waals surface area (Å²) < 4.78 is 0. The summed E-state index contributed by atoms with van der Waals surface area (Å²) in [6.07, 6.45) is 4.78. The monoisotopic (exact) mass is 275 g/mol. The van der Waals surface area contributed by atoms with Crippen LogP contribution in [-0.2, 0) is 6.54 Å². The number of carbonyl (C=O) groups excluding carboxylic acids is 1.